The number of benzene rings is 3. The number of nitrogens with zero attached hydrogens (tertiary/aromatic N) is 1. The first kappa shape index (κ1) is 23.5. The normalized spacial score (nSPS) is 10.4. The van der Waals surface area contributed by atoms with Crippen molar-refractivity contribution in [1.82, 2.24) is 0 Å². The maximum absolute atomic E-state index is 13.1. The van der Waals surface area contributed by atoms with E-state index >= 15 is 0 Å². The van der Waals surface area contributed by atoms with Crippen molar-refractivity contribution < 1.29 is 33.4 Å². The van der Waals surface area contributed by atoms with Gasteiger partial charge in [-0.15, -0.1) is 0 Å². The number of hydrogen-bond donors (Lipinski definition) is 0. The number of hydroxylamine groups is 1. The van der Waals surface area contributed by atoms with Crippen molar-refractivity contribution in [2.45, 2.75) is 20.0 Å². The van der Waals surface area contributed by atoms with Crippen molar-refractivity contribution in [3.05, 3.63) is 90.0 Å². The Morgan fingerprint density at radius 2 is 1.24 bits per heavy atom. The fourth-order valence-corrected chi connectivity index (χ4v) is 3.12. The van der Waals surface area contributed by atoms with Crippen molar-refractivity contribution in [1.29, 1.82) is 0 Å². The zero-order valence-electron chi connectivity index (χ0n) is 18.4. The molecule has 0 saturated carbocycles. The van der Waals surface area contributed by atoms with Gasteiger partial charge < -0.3 is 14.2 Å². The van der Waals surface area contributed by atoms with Crippen molar-refractivity contribution in [3.8, 4) is 11.5 Å². The quantitative estimate of drug-likeness (QED) is 0.290. The number of carbonyl (C=O) groups excluding carboxylic acids is 3. The first-order valence-corrected chi connectivity index (χ1v) is 10.0. The lowest BCUT2D eigenvalue weighted by Crippen LogP contribution is -2.32. The van der Waals surface area contributed by atoms with E-state index in [2.05, 4.69) is 0 Å². The van der Waals surface area contributed by atoms with E-state index in [9.17, 15) is 14.4 Å². The van der Waals surface area contributed by atoms with E-state index in [-0.39, 0.29) is 17.2 Å². The summed E-state index contributed by atoms with van der Waals surface area (Å²) in [5.74, 6) is -1.24. The van der Waals surface area contributed by atoms with Crippen molar-refractivity contribution in [2.75, 3.05) is 12.2 Å². The smallest absolute Gasteiger partial charge is 0.435 e. The molecule has 8 heteroatoms. The molecule has 0 bridgehead atoms. The average Bonchev–Trinajstić information content (AvgIpc) is 2.80. The summed E-state index contributed by atoms with van der Waals surface area (Å²) in [6, 6.07) is 22.8. The third-order valence-electron chi connectivity index (χ3n) is 4.44. The average molecular weight is 449 g/mol. The Balaban J connectivity index is 1.92. The number of rotatable bonds is 7. The van der Waals surface area contributed by atoms with Crippen molar-refractivity contribution >= 4 is 23.7 Å². The number of esters is 2. The van der Waals surface area contributed by atoms with Gasteiger partial charge in [0.1, 0.15) is 0 Å². The Kier molecular flexibility index (Phi) is 7.77. The second kappa shape index (κ2) is 10.9. The molecule has 0 N–H and O–H groups in total. The van der Waals surface area contributed by atoms with Gasteiger partial charge in [0.2, 0.25) is 0 Å². The lowest BCUT2D eigenvalue weighted by Gasteiger charge is -2.24. The largest absolute Gasteiger partial charge is 0.439 e. The first-order chi connectivity index (χ1) is 15.9. The topological polar surface area (TPSA) is 91.4 Å². The third kappa shape index (κ3) is 6.18. The van der Waals surface area contributed by atoms with Crippen LogP contribution in [0.25, 0.3) is 0 Å². The summed E-state index contributed by atoms with van der Waals surface area (Å²) in [5, 5.41) is 0.906. The molecule has 0 aliphatic carbocycles. The van der Waals surface area contributed by atoms with Gasteiger partial charge in [0, 0.05) is 19.9 Å². The van der Waals surface area contributed by atoms with Gasteiger partial charge in [0.25, 0.3) is 0 Å². The Hall–Kier alpha value is -4.17. The highest BCUT2D eigenvalue weighted by Crippen LogP contribution is 2.34. The van der Waals surface area contributed by atoms with Crippen LogP contribution in [0, 0.1) is 0 Å². The summed E-state index contributed by atoms with van der Waals surface area (Å²) in [5.41, 5.74) is 1.76. The number of amides is 1. The van der Waals surface area contributed by atoms with E-state index in [4.69, 9.17) is 19.0 Å². The standard InChI is InChI=1S/C25H23NO7/c1-17(27)31-22-15-14-21(16-23(22)32-18(2)28)26(30-3)25(29)33-24(19-10-6-4-7-11-19)20-12-8-5-9-13-20/h4-16,24H,1-3H3. The second-order valence-corrected chi connectivity index (χ2v) is 6.88. The maximum atomic E-state index is 13.1. The lowest BCUT2D eigenvalue weighted by molar-refractivity contribution is -0.134. The van der Waals surface area contributed by atoms with E-state index < -0.39 is 24.1 Å². The Morgan fingerprint density at radius 3 is 1.73 bits per heavy atom. The predicted octanol–water partition coefficient (Wildman–Crippen LogP) is 4.83. The van der Waals surface area contributed by atoms with Crippen LogP contribution in [-0.4, -0.2) is 25.1 Å². The van der Waals surface area contributed by atoms with Gasteiger partial charge in [-0.1, -0.05) is 60.7 Å². The molecule has 170 valence electrons. The van der Waals surface area contributed by atoms with Gasteiger partial charge in [0.05, 0.1) is 12.8 Å². The van der Waals surface area contributed by atoms with Crippen LogP contribution >= 0.6 is 0 Å². The summed E-state index contributed by atoms with van der Waals surface area (Å²) < 4.78 is 16.0. The summed E-state index contributed by atoms with van der Waals surface area (Å²) >= 11 is 0. The van der Waals surface area contributed by atoms with E-state index in [1.54, 1.807) is 0 Å². The molecular weight excluding hydrogens is 426 g/mol. The van der Waals surface area contributed by atoms with Gasteiger partial charge >= 0.3 is 18.0 Å². The van der Waals surface area contributed by atoms with Gasteiger partial charge in [-0.3, -0.25) is 14.4 Å². The molecule has 33 heavy (non-hydrogen) atoms. The van der Waals surface area contributed by atoms with Crippen LogP contribution in [0.4, 0.5) is 10.5 Å². The lowest BCUT2D eigenvalue weighted by atomic mass is 10.0. The fraction of sp³-hybridized carbons (Fsp3) is 0.160. The molecule has 3 aromatic rings. The molecule has 8 nitrogen and oxygen atoms in total. The highest BCUT2D eigenvalue weighted by atomic mass is 16.7. The number of hydrogen-bond acceptors (Lipinski definition) is 7. The number of anilines is 1. The Bertz CT molecular complexity index is 1080. The highest BCUT2D eigenvalue weighted by molar-refractivity contribution is 5.87. The minimum absolute atomic E-state index is 0.0253. The van der Waals surface area contributed by atoms with E-state index in [0.29, 0.717) is 0 Å². The predicted molar refractivity (Wildman–Crippen MR) is 120 cm³/mol. The molecule has 3 aromatic carbocycles. The van der Waals surface area contributed by atoms with Crippen LogP contribution in [0.2, 0.25) is 0 Å². The van der Waals surface area contributed by atoms with Gasteiger partial charge in [0.15, 0.2) is 17.6 Å². The van der Waals surface area contributed by atoms with Crippen LogP contribution in [-0.2, 0) is 19.2 Å². The first-order valence-electron chi connectivity index (χ1n) is 10.0. The van der Waals surface area contributed by atoms with E-state index in [1.807, 2.05) is 60.7 Å². The van der Waals surface area contributed by atoms with Crippen molar-refractivity contribution in [3.63, 3.8) is 0 Å². The maximum Gasteiger partial charge on any atom is 0.439 e. The van der Waals surface area contributed by atoms with Crippen LogP contribution in [0.1, 0.15) is 31.1 Å². The summed E-state index contributed by atoms with van der Waals surface area (Å²) in [4.78, 5) is 41.2. The third-order valence-corrected chi connectivity index (χ3v) is 4.44. The molecule has 0 saturated heterocycles. The summed E-state index contributed by atoms with van der Waals surface area (Å²) in [6.45, 7) is 2.43. The van der Waals surface area contributed by atoms with Crippen LogP contribution in [0.5, 0.6) is 11.5 Å². The van der Waals surface area contributed by atoms with Gasteiger partial charge in [-0.25, -0.2) is 4.79 Å². The minimum Gasteiger partial charge on any atom is -0.435 e. The van der Waals surface area contributed by atoms with E-state index in [0.717, 1.165) is 16.2 Å². The molecule has 0 spiro atoms. The van der Waals surface area contributed by atoms with Gasteiger partial charge in [-0.2, -0.15) is 5.06 Å². The monoisotopic (exact) mass is 449 g/mol. The molecule has 0 aliphatic rings. The summed E-state index contributed by atoms with van der Waals surface area (Å²) in [7, 11) is 1.30. The van der Waals surface area contributed by atoms with E-state index in [1.165, 1.54) is 39.2 Å². The van der Waals surface area contributed by atoms with Crippen LogP contribution in [0.15, 0.2) is 78.9 Å². The minimum atomic E-state index is -0.802. The molecule has 0 atom stereocenters. The van der Waals surface area contributed by atoms with Crippen molar-refractivity contribution in [2.24, 2.45) is 0 Å². The van der Waals surface area contributed by atoms with Crippen LogP contribution in [0.3, 0.4) is 0 Å². The fourth-order valence-electron chi connectivity index (χ4n) is 3.12. The molecule has 0 heterocycles. The highest BCUT2D eigenvalue weighted by Gasteiger charge is 2.26. The Morgan fingerprint density at radius 1 is 0.727 bits per heavy atom. The molecule has 0 aromatic heterocycles. The SMILES string of the molecule is CON(C(=O)OC(c1ccccc1)c1ccccc1)c1ccc(OC(C)=O)c(OC(C)=O)c1. The number of carbonyl (C=O) groups is 3. The molecule has 0 aliphatic heterocycles. The molecule has 0 unspecified atom stereocenters. The molecule has 0 radical (unpaired) electrons. The second-order valence-electron chi connectivity index (χ2n) is 6.88. The zero-order chi connectivity index (χ0) is 23.8. The number of ether oxygens (including phenoxy) is 3. The molecule has 0 fully saturated rings. The summed E-state index contributed by atoms with van der Waals surface area (Å²) in [6.07, 6.45) is -1.49. The Labute approximate surface area is 191 Å². The zero-order valence-corrected chi connectivity index (χ0v) is 18.4. The van der Waals surface area contributed by atoms with Gasteiger partial charge in [-0.05, 0) is 23.3 Å². The molecule has 3 rings (SSSR count). The molecule has 1 amide bonds. The molecular formula is C25H23NO7. The van der Waals surface area contributed by atoms with Crippen LogP contribution < -0.4 is 14.5 Å².